The summed E-state index contributed by atoms with van der Waals surface area (Å²) < 4.78 is 13.4. The maximum atomic E-state index is 13.4. The number of anilines is 1. The predicted octanol–water partition coefficient (Wildman–Crippen LogP) is 2.22. The summed E-state index contributed by atoms with van der Waals surface area (Å²) in [5.74, 6) is -0.290. The van der Waals surface area contributed by atoms with Gasteiger partial charge in [-0.15, -0.1) is 5.10 Å². The third-order valence-electron chi connectivity index (χ3n) is 4.78. The lowest BCUT2D eigenvalue weighted by molar-refractivity contribution is -0.115. The fraction of sp³-hybridized carbons (Fsp3) is 0.136. The molecular formula is C22H19FN8O2. The zero-order valence-corrected chi connectivity index (χ0v) is 17.5. The van der Waals surface area contributed by atoms with Crippen LogP contribution in [0.4, 0.5) is 10.2 Å². The van der Waals surface area contributed by atoms with Crippen LogP contribution in [0.5, 0.6) is 0 Å². The number of amides is 2. The van der Waals surface area contributed by atoms with Gasteiger partial charge in [-0.05, 0) is 40.1 Å². The van der Waals surface area contributed by atoms with Crippen molar-refractivity contribution in [2.75, 3.05) is 5.32 Å². The Balaban J connectivity index is 1.33. The van der Waals surface area contributed by atoms with E-state index in [4.69, 9.17) is 0 Å². The Bertz CT molecular complexity index is 1280. The van der Waals surface area contributed by atoms with Crippen molar-refractivity contribution in [3.8, 4) is 11.4 Å². The number of benzene rings is 2. The van der Waals surface area contributed by atoms with E-state index in [9.17, 15) is 14.0 Å². The summed E-state index contributed by atoms with van der Waals surface area (Å²) in [7, 11) is 0. The van der Waals surface area contributed by atoms with Gasteiger partial charge >= 0.3 is 0 Å². The molecule has 0 aliphatic rings. The number of nitrogens with one attached hydrogen (secondary N) is 3. The van der Waals surface area contributed by atoms with E-state index < -0.39 is 5.91 Å². The minimum Gasteiger partial charge on any atom is -0.347 e. The average Bonchev–Trinajstić information content (AvgIpc) is 3.35. The zero-order valence-electron chi connectivity index (χ0n) is 17.5. The van der Waals surface area contributed by atoms with Crippen LogP contribution in [0, 0.1) is 12.7 Å². The van der Waals surface area contributed by atoms with Crippen molar-refractivity contribution >= 4 is 17.6 Å². The molecule has 0 unspecified atom stereocenters. The molecular weight excluding hydrogens is 427 g/mol. The minimum atomic E-state index is -0.438. The van der Waals surface area contributed by atoms with Gasteiger partial charge in [0.2, 0.25) is 5.91 Å². The van der Waals surface area contributed by atoms with E-state index in [0.717, 1.165) is 16.7 Å². The second-order valence-electron chi connectivity index (χ2n) is 7.23. The van der Waals surface area contributed by atoms with E-state index in [-0.39, 0.29) is 36.2 Å². The Morgan fingerprint density at radius 3 is 2.55 bits per heavy atom. The van der Waals surface area contributed by atoms with E-state index in [1.54, 1.807) is 43.3 Å². The molecule has 2 aromatic carbocycles. The average molecular weight is 446 g/mol. The van der Waals surface area contributed by atoms with Crippen LogP contribution in [0.1, 0.15) is 27.2 Å². The Hall–Kier alpha value is -4.54. The molecule has 0 spiro atoms. The lowest BCUT2D eigenvalue weighted by Crippen LogP contribution is -2.24. The lowest BCUT2D eigenvalue weighted by atomic mass is 10.1. The number of rotatable bonds is 7. The summed E-state index contributed by atoms with van der Waals surface area (Å²) in [6, 6.07) is 13.2. The van der Waals surface area contributed by atoms with Crippen molar-refractivity contribution in [2.45, 2.75) is 19.9 Å². The molecule has 3 N–H and O–H groups in total. The lowest BCUT2D eigenvalue weighted by Gasteiger charge is -2.08. The minimum absolute atomic E-state index is 0.101. The molecule has 166 valence electrons. The summed E-state index contributed by atoms with van der Waals surface area (Å²) in [6.45, 7) is 1.87. The van der Waals surface area contributed by atoms with Crippen LogP contribution in [0.2, 0.25) is 0 Å². The SMILES string of the molecule is Cc1cc(CNC(=O)c2cc(NC(=O)Cc3ccc(-c4nnn[nH]4)cc3)ncn2)ccc1F. The number of H-pyrrole nitrogens is 1. The second-order valence-corrected chi connectivity index (χ2v) is 7.23. The second kappa shape index (κ2) is 9.73. The topological polar surface area (TPSA) is 138 Å². The van der Waals surface area contributed by atoms with Gasteiger partial charge in [-0.1, -0.05) is 36.4 Å². The van der Waals surface area contributed by atoms with E-state index in [2.05, 4.69) is 41.2 Å². The van der Waals surface area contributed by atoms with Gasteiger partial charge in [0.1, 0.15) is 23.7 Å². The molecule has 11 heteroatoms. The largest absolute Gasteiger partial charge is 0.347 e. The van der Waals surface area contributed by atoms with E-state index >= 15 is 0 Å². The number of hydrogen-bond acceptors (Lipinski definition) is 7. The highest BCUT2D eigenvalue weighted by atomic mass is 19.1. The molecule has 0 aliphatic heterocycles. The number of aromatic nitrogens is 6. The molecule has 0 radical (unpaired) electrons. The molecule has 4 aromatic rings. The molecule has 0 atom stereocenters. The Labute approximate surface area is 187 Å². The molecule has 2 aromatic heterocycles. The molecule has 33 heavy (non-hydrogen) atoms. The Morgan fingerprint density at radius 1 is 1.03 bits per heavy atom. The van der Waals surface area contributed by atoms with Crippen LogP contribution in [0.25, 0.3) is 11.4 Å². The molecule has 2 heterocycles. The van der Waals surface area contributed by atoms with E-state index in [1.807, 2.05) is 0 Å². The highest BCUT2D eigenvalue weighted by Gasteiger charge is 2.12. The molecule has 0 bridgehead atoms. The van der Waals surface area contributed by atoms with E-state index in [1.165, 1.54) is 18.5 Å². The summed E-state index contributed by atoms with van der Waals surface area (Å²) >= 11 is 0. The Kier molecular flexibility index (Phi) is 6.39. The van der Waals surface area contributed by atoms with Crippen LogP contribution < -0.4 is 10.6 Å². The number of nitrogens with zero attached hydrogens (tertiary/aromatic N) is 5. The van der Waals surface area contributed by atoms with Crippen LogP contribution in [0.3, 0.4) is 0 Å². The van der Waals surface area contributed by atoms with Crippen molar-refractivity contribution in [3.63, 3.8) is 0 Å². The highest BCUT2D eigenvalue weighted by Crippen LogP contribution is 2.15. The van der Waals surface area contributed by atoms with Gasteiger partial charge < -0.3 is 10.6 Å². The van der Waals surface area contributed by atoms with Crippen LogP contribution >= 0.6 is 0 Å². The molecule has 4 rings (SSSR count). The number of aromatic amines is 1. The first kappa shape index (κ1) is 21.7. The fourth-order valence-corrected chi connectivity index (χ4v) is 3.07. The number of aryl methyl sites for hydroxylation is 1. The summed E-state index contributed by atoms with van der Waals surface area (Å²) in [5.41, 5.74) is 2.94. The van der Waals surface area contributed by atoms with Crippen LogP contribution in [-0.2, 0) is 17.8 Å². The molecule has 0 saturated carbocycles. The summed E-state index contributed by atoms with van der Waals surface area (Å²) in [6.07, 6.45) is 1.32. The maximum Gasteiger partial charge on any atom is 0.270 e. The number of hydrogen-bond donors (Lipinski definition) is 3. The van der Waals surface area contributed by atoms with Gasteiger partial charge in [0.25, 0.3) is 5.91 Å². The monoisotopic (exact) mass is 446 g/mol. The summed E-state index contributed by atoms with van der Waals surface area (Å²) in [5, 5.41) is 18.9. The smallest absolute Gasteiger partial charge is 0.270 e. The van der Waals surface area contributed by atoms with E-state index in [0.29, 0.717) is 11.4 Å². The first-order valence-corrected chi connectivity index (χ1v) is 9.96. The Morgan fingerprint density at radius 2 is 1.82 bits per heavy atom. The van der Waals surface area contributed by atoms with Crippen molar-refractivity contribution in [2.24, 2.45) is 0 Å². The van der Waals surface area contributed by atoms with Gasteiger partial charge in [-0.25, -0.2) is 19.5 Å². The molecule has 10 nitrogen and oxygen atoms in total. The number of carbonyl (C=O) groups is 2. The molecule has 0 saturated heterocycles. The van der Waals surface area contributed by atoms with Crippen LogP contribution in [0.15, 0.2) is 54.9 Å². The third-order valence-corrected chi connectivity index (χ3v) is 4.78. The molecule has 2 amide bonds. The van der Waals surface area contributed by atoms with Crippen molar-refractivity contribution in [1.29, 1.82) is 0 Å². The fourth-order valence-electron chi connectivity index (χ4n) is 3.07. The third kappa shape index (κ3) is 5.58. The molecule has 0 fully saturated rings. The quantitative estimate of drug-likeness (QED) is 0.396. The first-order valence-electron chi connectivity index (χ1n) is 9.96. The van der Waals surface area contributed by atoms with Gasteiger partial charge in [0.05, 0.1) is 6.42 Å². The number of halogens is 1. The summed E-state index contributed by atoms with van der Waals surface area (Å²) in [4.78, 5) is 32.8. The first-order chi connectivity index (χ1) is 16.0. The zero-order chi connectivity index (χ0) is 23.2. The van der Waals surface area contributed by atoms with Crippen molar-refractivity contribution in [3.05, 3.63) is 83.1 Å². The van der Waals surface area contributed by atoms with Crippen molar-refractivity contribution < 1.29 is 14.0 Å². The maximum absolute atomic E-state index is 13.4. The van der Waals surface area contributed by atoms with Crippen LogP contribution in [-0.4, -0.2) is 42.4 Å². The normalized spacial score (nSPS) is 10.6. The number of carbonyl (C=O) groups excluding carboxylic acids is 2. The van der Waals surface area contributed by atoms with Crippen molar-refractivity contribution in [1.82, 2.24) is 35.9 Å². The highest BCUT2D eigenvalue weighted by molar-refractivity contribution is 5.95. The predicted molar refractivity (Wildman–Crippen MR) is 116 cm³/mol. The van der Waals surface area contributed by atoms with Gasteiger partial charge in [-0.2, -0.15) is 0 Å². The number of tetrazole rings is 1. The van der Waals surface area contributed by atoms with Gasteiger partial charge in [0, 0.05) is 18.2 Å². The standard InChI is InChI=1S/C22H19FN8O2/c1-13-8-15(4-7-17(13)23)11-24-22(33)18-10-19(26-12-25-18)27-20(32)9-14-2-5-16(6-3-14)21-28-30-31-29-21/h2-8,10,12H,9,11H2,1H3,(H,24,33)(H,25,26,27,32)(H,28,29,30,31). The van der Waals surface area contributed by atoms with Gasteiger partial charge in [-0.3, -0.25) is 9.59 Å². The van der Waals surface area contributed by atoms with Gasteiger partial charge in [0.15, 0.2) is 5.82 Å². The molecule has 0 aliphatic carbocycles.